The minimum Gasteiger partial charge on any atom is -0.378 e. The molecule has 3 rings (SSSR count). The van der Waals surface area contributed by atoms with Crippen LogP contribution in [0, 0.1) is 11.7 Å². The van der Waals surface area contributed by atoms with Crippen molar-refractivity contribution in [3.8, 4) is 0 Å². The van der Waals surface area contributed by atoms with E-state index in [-0.39, 0.29) is 11.9 Å². The summed E-state index contributed by atoms with van der Waals surface area (Å²) in [6.45, 7) is 3.71. The normalized spacial score (nSPS) is 22.3. The molecule has 1 aromatic heterocycles. The van der Waals surface area contributed by atoms with E-state index in [9.17, 15) is 4.39 Å². The van der Waals surface area contributed by atoms with Crippen LogP contribution in [0.5, 0.6) is 0 Å². The first-order valence-corrected chi connectivity index (χ1v) is 8.48. The van der Waals surface area contributed by atoms with Gasteiger partial charge in [-0.3, -0.25) is 0 Å². The number of halogens is 3. The first-order chi connectivity index (χ1) is 10.1. The molecule has 114 valence electrons. The minimum absolute atomic E-state index is 0.269. The lowest BCUT2D eigenvalue weighted by molar-refractivity contribution is 0.0836. The molecule has 2 atom stereocenters. The maximum Gasteiger partial charge on any atom is 0.139 e. The molecule has 0 spiro atoms. The Balaban J connectivity index is 2.01. The maximum atomic E-state index is 13.9. The van der Waals surface area contributed by atoms with E-state index < -0.39 is 0 Å². The van der Waals surface area contributed by atoms with Crippen LogP contribution >= 0.6 is 27.5 Å². The smallest absolute Gasteiger partial charge is 0.139 e. The van der Waals surface area contributed by atoms with Crippen LogP contribution in [0.2, 0.25) is 0 Å². The van der Waals surface area contributed by atoms with Crippen LogP contribution in [0.1, 0.15) is 25.6 Å². The highest BCUT2D eigenvalue weighted by molar-refractivity contribution is 9.10. The van der Waals surface area contributed by atoms with Gasteiger partial charge in [-0.15, -0.1) is 11.6 Å². The van der Waals surface area contributed by atoms with E-state index in [1.807, 2.05) is 4.57 Å². The maximum absolute atomic E-state index is 13.9. The third-order valence-corrected chi connectivity index (χ3v) is 5.00. The number of rotatable bonds is 4. The molecule has 21 heavy (non-hydrogen) atoms. The lowest BCUT2D eigenvalue weighted by atomic mass is 9.99. The topological polar surface area (TPSA) is 27.1 Å². The zero-order chi connectivity index (χ0) is 15.0. The van der Waals surface area contributed by atoms with E-state index in [2.05, 4.69) is 27.8 Å². The van der Waals surface area contributed by atoms with Gasteiger partial charge in [0.1, 0.15) is 11.6 Å². The summed E-state index contributed by atoms with van der Waals surface area (Å²) in [5, 5.41) is 0. The van der Waals surface area contributed by atoms with Gasteiger partial charge < -0.3 is 9.30 Å². The SMILES string of the molecule is CCC1OCCC1Cn1c(CCl)nc2cc(Br)c(F)cc21. The van der Waals surface area contributed by atoms with E-state index in [0.29, 0.717) is 16.3 Å². The summed E-state index contributed by atoms with van der Waals surface area (Å²) in [6, 6.07) is 3.24. The summed E-state index contributed by atoms with van der Waals surface area (Å²) < 4.78 is 22.1. The summed E-state index contributed by atoms with van der Waals surface area (Å²) in [5.41, 5.74) is 1.57. The van der Waals surface area contributed by atoms with E-state index in [4.69, 9.17) is 16.3 Å². The van der Waals surface area contributed by atoms with Gasteiger partial charge in [0.15, 0.2) is 0 Å². The second-order valence-corrected chi connectivity index (χ2v) is 6.52. The highest BCUT2D eigenvalue weighted by atomic mass is 79.9. The third kappa shape index (κ3) is 2.83. The van der Waals surface area contributed by atoms with Gasteiger partial charge in [-0.25, -0.2) is 9.37 Å². The van der Waals surface area contributed by atoms with Gasteiger partial charge in [0.2, 0.25) is 0 Å². The van der Waals surface area contributed by atoms with Gasteiger partial charge in [0.05, 0.1) is 27.5 Å². The van der Waals surface area contributed by atoms with Crippen molar-refractivity contribution >= 4 is 38.6 Å². The molecule has 1 aliphatic rings. The number of imidazole rings is 1. The fourth-order valence-electron chi connectivity index (χ4n) is 3.06. The van der Waals surface area contributed by atoms with Crippen molar-refractivity contribution < 1.29 is 9.13 Å². The second kappa shape index (κ2) is 6.23. The summed E-state index contributed by atoms with van der Waals surface area (Å²) in [5.74, 6) is 1.25. The average molecular weight is 376 g/mol. The molecule has 0 saturated carbocycles. The van der Waals surface area contributed by atoms with Gasteiger partial charge in [-0.05, 0) is 34.8 Å². The minimum atomic E-state index is -0.278. The first kappa shape index (κ1) is 15.3. The van der Waals surface area contributed by atoms with Gasteiger partial charge in [-0.1, -0.05) is 6.92 Å². The Morgan fingerprint density at radius 3 is 3.05 bits per heavy atom. The second-order valence-electron chi connectivity index (χ2n) is 5.39. The summed E-state index contributed by atoms with van der Waals surface area (Å²) in [6.07, 6.45) is 2.29. The number of benzene rings is 1. The fraction of sp³-hybridized carbons (Fsp3) is 0.533. The van der Waals surface area contributed by atoms with Crippen LogP contribution in [0.25, 0.3) is 11.0 Å². The van der Waals surface area contributed by atoms with Gasteiger partial charge >= 0.3 is 0 Å². The van der Waals surface area contributed by atoms with Crippen LogP contribution in [0.3, 0.4) is 0 Å². The molecule has 1 aliphatic heterocycles. The Bertz CT molecular complexity index is 661. The van der Waals surface area contributed by atoms with Gasteiger partial charge in [0, 0.05) is 25.1 Å². The quantitative estimate of drug-likeness (QED) is 0.736. The largest absolute Gasteiger partial charge is 0.378 e. The van der Waals surface area contributed by atoms with Crippen molar-refractivity contribution in [2.24, 2.45) is 5.92 Å². The highest BCUT2D eigenvalue weighted by Crippen LogP contribution is 2.29. The molecular weight excluding hydrogens is 359 g/mol. The zero-order valence-corrected chi connectivity index (χ0v) is 14.1. The summed E-state index contributed by atoms with van der Waals surface area (Å²) in [7, 11) is 0. The molecule has 2 unspecified atom stereocenters. The average Bonchev–Trinajstić information content (AvgIpc) is 3.05. The van der Waals surface area contributed by atoms with Crippen molar-refractivity contribution in [1.29, 1.82) is 0 Å². The monoisotopic (exact) mass is 374 g/mol. The van der Waals surface area contributed by atoms with E-state index in [1.54, 1.807) is 6.07 Å². The standard InChI is InChI=1S/C15H17BrClFN2O/c1-2-14-9(3-4-21-14)8-20-13-6-11(18)10(16)5-12(13)19-15(20)7-17/h5-6,9,14H,2-4,7-8H2,1H3. The Kier molecular flexibility index (Phi) is 4.52. The molecule has 0 amide bonds. The Morgan fingerprint density at radius 2 is 2.33 bits per heavy atom. The predicted molar refractivity (Wildman–Crippen MR) is 85.1 cm³/mol. The number of hydrogen-bond donors (Lipinski definition) is 0. The van der Waals surface area contributed by atoms with Crippen molar-refractivity contribution in [2.75, 3.05) is 6.61 Å². The van der Waals surface area contributed by atoms with E-state index in [0.717, 1.165) is 42.9 Å². The van der Waals surface area contributed by atoms with E-state index >= 15 is 0 Å². The number of alkyl halides is 1. The third-order valence-electron chi connectivity index (χ3n) is 4.15. The van der Waals surface area contributed by atoms with Crippen LogP contribution in [-0.4, -0.2) is 22.3 Å². The molecule has 1 saturated heterocycles. The zero-order valence-electron chi connectivity index (χ0n) is 11.8. The molecule has 0 aliphatic carbocycles. The Morgan fingerprint density at radius 1 is 1.52 bits per heavy atom. The van der Waals surface area contributed by atoms with Crippen molar-refractivity contribution in [2.45, 2.75) is 38.3 Å². The number of ether oxygens (including phenoxy) is 1. The molecule has 2 heterocycles. The fourth-order valence-corrected chi connectivity index (χ4v) is 3.60. The van der Waals surface area contributed by atoms with Crippen LogP contribution in [0.15, 0.2) is 16.6 Å². The predicted octanol–water partition coefficient (Wildman–Crippen LogP) is 4.49. The number of nitrogens with zero attached hydrogens (tertiary/aromatic N) is 2. The molecule has 1 aromatic carbocycles. The Hall–Kier alpha value is -0.650. The molecule has 0 N–H and O–H groups in total. The molecule has 0 radical (unpaired) electrons. The van der Waals surface area contributed by atoms with Gasteiger partial charge in [0.25, 0.3) is 0 Å². The summed E-state index contributed by atoms with van der Waals surface area (Å²) >= 11 is 9.22. The first-order valence-electron chi connectivity index (χ1n) is 7.15. The Labute approximate surface area is 136 Å². The highest BCUT2D eigenvalue weighted by Gasteiger charge is 2.28. The molecule has 3 nitrogen and oxygen atoms in total. The molecule has 2 aromatic rings. The van der Waals surface area contributed by atoms with E-state index in [1.165, 1.54) is 6.07 Å². The lowest BCUT2D eigenvalue weighted by Gasteiger charge is -2.19. The molecule has 6 heteroatoms. The van der Waals surface area contributed by atoms with Crippen LogP contribution in [-0.2, 0) is 17.2 Å². The summed E-state index contributed by atoms with van der Waals surface area (Å²) in [4.78, 5) is 4.52. The van der Waals surface area contributed by atoms with Crippen LogP contribution in [0.4, 0.5) is 4.39 Å². The van der Waals surface area contributed by atoms with Crippen molar-refractivity contribution in [3.05, 3.63) is 28.2 Å². The molecule has 1 fully saturated rings. The molecule has 0 bridgehead atoms. The lowest BCUT2D eigenvalue weighted by Crippen LogP contribution is -2.21. The number of aromatic nitrogens is 2. The number of hydrogen-bond acceptors (Lipinski definition) is 2. The number of fused-ring (bicyclic) bond motifs is 1. The van der Waals surface area contributed by atoms with Crippen molar-refractivity contribution in [3.63, 3.8) is 0 Å². The van der Waals surface area contributed by atoms with Crippen LogP contribution < -0.4 is 0 Å². The van der Waals surface area contributed by atoms with Crippen molar-refractivity contribution in [1.82, 2.24) is 9.55 Å². The molecular formula is C15H17BrClFN2O. The van der Waals surface area contributed by atoms with Gasteiger partial charge in [-0.2, -0.15) is 0 Å².